The molecule has 4 rings (SSSR count). The number of carboxylic acid groups (broad SMARTS) is 1. The molecule has 0 saturated heterocycles. The van der Waals surface area contributed by atoms with Gasteiger partial charge in [0.2, 0.25) is 5.95 Å². The lowest BCUT2D eigenvalue weighted by molar-refractivity contribution is -0.143. The SMILES string of the molecule is Cc1cc(Nc2nccc(C(F)F)n2)cc(-c2cnc([C@H](C)C3CCC(C(=O)O)CC3)nc2)c1. The van der Waals surface area contributed by atoms with Crippen molar-refractivity contribution in [2.45, 2.75) is 51.9 Å². The highest BCUT2D eigenvalue weighted by Crippen LogP contribution is 2.37. The van der Waals surface area contributed by atoms with Crippen LogP contribution in [0.25, 0.3) is 11.1 Å². The van der Waals surface area contributed by atoms with Gasteiger partial charge in [0.1, 0.15) is 11.5 Å². The zero-order valence-corrected chi connectivity index (χ0v) is 19.1. The lowest BCUT2D eigenvalue weighted by Crippen LogP contribution is -2.24. The van der Waals surface area contributed by atoms with Crippen LogP contribution in [0.3, 0.4) is 0 Å². The number of aryl methyl sites for hydroxylation is 1. The molecule has 34 heavy (non-hydrogen) atoms. The Morgan fingerprint density at radius 2 is 1.76 bits per heavy atom. The van der Waals surface area contributed by atoms with Crippen LogP contribution in [0.4, 0.5) is 20.4 Å². The van der Waals surface area contributed by atoms with Crippen LogP contribution in [0.2, 0.25) is 0 Å². The average molecular weight is 468 g/mol. The number of carboxylic acids is 1. The minimum absolute atomic E-state index is 0.104. The number of hydrogen-bond donors (Lipinski definition) is 2. The van der Waals surface area contributed by atoms with Crippen molar-refractivity contribution in [3.05, 3.63) is 59.9 Å². The summed E-state index contributed by atoms with van der Waals surface area (Å²) in [6.45, 7) is 4.04. The van der Waals surface area contributed by atoms with Gasteiger partial charge >= 0.3 is 5.97 Å². The highest BCUT2D eigenvalue weighted by atomic mass is 19.3. The molecule has 1 aliphatic carbocycles. The topological polar surface area (TPSA) is 101 Å². The third-order valence-corrected chi connectivity index (χ3v) is 6.47. The molecule has 0 bridgehead atoms. The molecule has 0 radical (unpaired) electrons. The highest BCUT2D eigenvalue weighted by Gasteiger charge is 2.30. The van der Waals surface area contributed by atoms with Gasteiger partial charge < -0.3 is 10.4 Å². The molecule has 0 spiro atoms. The number of nitrogens with one attached hydrogen (secondary N) is 1. The molecule has 1 aromatic carbocycles. The number of aromatic nitrogens is 4. The van der Waals surface area contributed by atoms with E-state index in [2.05, 4.69) is 32.2 Å². The molecule has 0 amide bonds. The fraction of sp³-hybridized carbons (Fsp3) is 0.400. The first-order valence-corrected chi connectivity index (χ1v) is 11.3. The lowest BCUT2D eigenvalue weighted by atomic mass is 9.76. The van der Waals surface area contributed by atoms with E-state index in [0.29, 0.717) is 24.4 Å². The van der Waals surface area contributed by atoms with Crippen molar-refractivity contribution in [1.29, 1.82) is 0 Å². The maximum absolute atomic E-state index is 12.9. The van der Waals surface area contributed by atoms with E-state index in [1.807, 2.05) is 25.1 Å². The number of nitrogens with zero attached hydrogens (tertiary/aromatic N) is 4. The van der Waals surface area contributed by atoms with Crippen molar-refractivity contribution >= 4 is 17.6 Å². The molecule has 1 saturated carbocycles. The molecule has 1 fully saturated rings. The van der Waals surface area contributed by atoms with E-state index in [1.165, 1.54) is 12.3 Å². The first-order valence-electron chi connectivity index (χ1n) is 11.3. The van der Waals surface area contributed by atoms with Gasteiger partial charge in [-0.15, -0.1) is 0 Å². The normalized spacial score (nSPS) is 19.1. The van der Waals surface area contributed by atoms with Gasteiger partial charge in [0.05, 0.1) is 5.92 Å². The third-order valence-electron chi connectivity index (χ3n) is 6.47. The molecule has 3 aromatic rings. The number of aliphatic carboxylic acids is 1. The summed E-state index contributed by atoms with van der Waals surface area (Å²) < 4.78 is 25.9. The number of benzene rings is 1. The Morgan fingerprint density at radius 1 is 1.06 bits per heavy atom. The van der Waals surface area contributed by atoms with Gasteiger partial charge in [-0.2, -0.15) is 0 Å². The van der Waals surface area contributed by atoms with E-state index in [0.717, 1.165) is 35.4 Å². The van der Waals surface area contributed by atoms with Crippen LogP contribution in [-0.4, -0.2) is 31.0 Å². The lowest BCUT2D eigenvalue weighted by Gasteiger charge is -2.29. The Morgan fingerprint density at radius 3 is 2.41 bits per heavy atom. The summed E-state index contributed by atoms with van der Waals surface area (Å²) in [6, 6.07) is 6.94. The van der Waals surface area contributed by atoms with E-state index in [-0.39, 0.29) is 23.5 Å². The van der Waals surface area contributed by atoms with Crippen LogP contribution < -0.4 is 5.32 Å². The van der Waals surface area contributed by atoms with Gasteiger partial charge in [0.15, 0.2) is 0 Å². The summed E-state index contributed by atoms with van der Waals surface area (Å²) in [6.07, 6.45) is 5.34. The molecule has 2 aromatic heterocycles. The Balaban J connectivity index is 1.48. The second kappa shape index (κ2) is 10.2. The van der Waals surface area contributed by atoms with Gasteiger partial charge in [-0.1, -0.05) is 13.0 Å². The van der Waals surface area contributed by atoms with Crippen molar-refractivity contribution < 1.29 is 18.7 Å². The summed E-state index contributed by atoms with van der Waals surface area (Å²) in [4.78, 5) is 28.3. The largest absolute Gasteiger partial charge is 0.481 e. The molecule has 0 aliphatic heterocycles. The maximum atomic E-state index is 12.9. The van der Waals surface area contributed by atoms with Gasteiger partial charge in [0.25, 0.3) is 6.43 Å². The fourth-order valence-corrected chi connectivity index (χ4v) is 4.50. The molecule has 9 heteroatoms. The second-order valence-electron chi connectivity index (χ2n) is 8.89. The van der Waals surface area contributed by atoms with Crippen molar-refractivity contribution in [1.82, 2.24) is 19.9 Å². The van der Waals surface area contributed by atoms with Gasteiger partial charge in [-0.05, 0) is 67.9 Å². The smallest absolute Gasteiger partial charge is 0.306 e. The van der Waals surface area contributed by atoms with Crippen molar-refractivity contribution in [3.63, 3.8) is 0 Å². The van der Waals surface area contributed by atoms with Crippen molar-refractivity contribution in [2.75, 3.05) is 5.32 Å². The van der Waals surface area contributed by atoms with E-state index < -0.39 is 12.4 Å². The maximum Gasteiger partial charge on any atom is 0.306 e. The summed E-state index contributed by atoms with van der Waals surface area (Å²) in [5.74, 6) is 0.447. The molecule has 2 heterocycles. The molecular weight excluding hydrogens is 440 g/mol. The van der Waals surface area contributed by atoms with Crippen molar-refractivity contribution in [2.24, 2.45) is 11.8 Å². The molecular formula is C25H27F2N5O2. The number of anilines is 2. The average Bonchev–Trinajstić information content (AvgIpc) is 2.83. The summed E-state index contributed by atoms with van der Waals surface area (Å²) >= 11 is 0. The van der Waals surface area contributed by atoms with E-state index in [9.17, 15) is 18.7 Å². The van der Waals surface area contributed by atoms with Gasteiger partial charge in [-0.3, -0.25) is 4.79 Å². The van der Waals surface area contributed by atoms with Crippen LogP contribution in [0.15, 0.2) is 42.9 Å². The van der Waals surface area contributed by atoms with E-state index in [4.69, 9.17) is 0 Å². The molecule has 0 unspecified atom stereocenters. The number of halogens is 2. The highest BCUT2D eigenvalue weighted by molar-refractivity contribution is 5.70. The van der Waals surface area contributed by atoms with Crippen molar-refractivity contribution in [3.8, 4) is 11.1 Å². The Labute approximate surface area is 196 Å². The Kier molecular flexibility index (Phi) is 7.09. The zero-order valence-electron chi connectivity index (χ0n) is 19.1. The minimum atomic E-state index is -2.66. The predicted octanol–water partition coefficient (Wildman–Crippen LogP) is 5.92. The fourth-order valence-electron chi connectivity index (χ4n) is 4.50. The molecule has 1 aliphatic rings. The quantitative estimate of drug-likeness (QED) is 0.445. The first kappa shape index (κ1) is 23.7. The summed E-state index contributed by atoms with van der Waals surface area (Å²) in [5.41, 5.74) is 3.03. The predicted molar refractivity (Wildman–Crippen MR) is 124 cm³/mol. The summed E-state index contributed by atoms with van der Waals surface area (Å²) in [7, 11) is 0. The molecule has 1 atom stereocenters. The second-order valence-corrected chi connectivity index (χ2v) is 8.89. The Hall–Kier alpha value is -3.49. The molecule has 178 valence electrons. The summed E-state index contributed by atoms with van der Waals surface area (Å²) in [5, 5.41) is 12.2. The molecule has 2 N–H and O–H groups in total. The molecule has 7 nitrogen and oxygen atoms in total. The number of hydrogen-bond acceptors (Lipinski definition) is 6. The van der Waals surface area contributed by atoms with Crippen LogP contribution in [0, 0.1) is 18.8 Å². The minimum Gasteiger partial charge on any atom is -0.481 e. The number of carbonyl (C=O) groups is 1. The standard InChI is InChI=1S/C25H27F2N5O2/c1-14-9-18(11-20(10-14)31-25-28-8-7-21(32-25)22(26)27)19-12-29-23(30-13-19)15(2)16-3-5-17(6-4-16)24(33)34/h7-13,15-17,22H,3-6H2,1-2H3,(H,33,34)(H,28,31,32)/t15-,16?,17?/m1/s1. The zero-order chi connectivity index (χ0) is 24.2. The van der Waals surface area contributed by atoms with Crippen LogP contribution in [0.5, 0.6) is 0 Å². The van der Waals surface area contributed by atoms with Gasteiger partial charge in [-0.25, -0.2) is 28.7 Å². The van der Waals surface area contributed by atoms with E-state index >= 15 is 0 Å². The number of rotatable bonds is 7. The van der Waals surface area contributed by atoms with Crippen LogP contribution in [0.1, 0.15) is 62.0 Å². The van der Waals surface area contributed by atoms with Crippen LogP contribution in [-0.2, 0) is 4.79 Å². The van der Waals surface area contributed by atoms with Gasteiger partial charge in [0, 0.05) is 35.8 Å². The van der Waals surface area contributed by atoms with Crippen LogP contribution >= 0.6 is 0 Å². The Bertz CT molecular complexity index is 1150. The monoisotopic (exact) mass is 467 g/mol. The third kappa shape index (κ3) is 5.52. The van der Waals surface area contributed by atoms with E-state index in [1.54, 1.807) is 12.4 Å². The first-order chi connectivity index (χ1) is 16.3. The number of alkyl halides is 2.